The van der Waals surface area contributed by atoms with E-state index in [9.17, 15) is 4.39 Å². The summed E-state index contributed by atoms with van der Waals surface area (Å²) in [5.41, 5.74) is 2.63. The molecule has 0 aliphatic heterocycles. The highest BCUT2D eigenvalue weighted by Crippen LogP contribution is 2.24. The van der Waals surface area contributed by atoms with E-state index >= 15 is 0 Å². The van der Waals surface area contributed by atoms with E-state index in [2.05, 4.69) is 11.1 Å². The predicted octanol–water partition coefficient (Wildman–Crippen LogP) is 3.78. The summed E-state index contributed by atoms with van der Waals surface area (Å²) in [7, 11) is 0. The Morgan fingerprint density at radius 1 is 1.25 bits per heavy atom. The minimum absolute atomic E-state index is 0.201. The van der Waals surface area contributed by atoms with E-state index in [1.807, 2.05) is 0 Å². The number of halogens is 2. The van der Waals surface area contributed by atoms with Crippen LogP contribution in [0.15, 0.2) is 42.5 Å². The van der Waals surface area contributed by atoms with E-state index in [0.717, 1.165) is 11.0 Å². The SMILES string of the molecule is N#Cc1ccc2nc(CCl)n(-c3cccc(F)c3)c2c1. The Bertz CT molecular complexity index is 833. The van der Waals surface area contributed by atoms with E-state index in [1.165, 1.54) is 12.1 Å². The molecular weight excluding hydrogens is 277 g/mol. The fraction of sp³-hybridized carbons (Fsp3) is 0.0667. The Morgan fingerprint density at radius 2 is 2.10 bits per heavy atom. The van der Waals surface area contributed by atoms with Crippen molar-refractivity contribution in [2.24, 2.45) is 0 Å². The Balaban J connectivity index is 2.35. The van der Waals surface area contributed by atoms with Crippen molar-refractivity contribution in [3.05, 3.63) is 59.7 Å². The maximum atomic E-state index is 13.4. The lowest BCUT2D eigenvalue weighted by Gasteiger charge is -2.07. The molecule has 0 amide bonds. The third-order valence-electron chi connectivity index (χ3n) is 3.04. The smallest absolute Gasteiger partial charge is 0.129 e. The van der Waals surface area contributed by atoms with Crippen molar-refractivity contribution in [2.45, 2.75) is 5.88 Å². The molecule has 0 unspecified atom stereocenters. The summed E-state index contributed by atoms with van der Waals surface area (Å²) >= 11 is 5.92. The van der Waals surface area contributed by atoms with Crippen LogP contribution in [0.25, 0.3) is 16.7 Å². The molecular formula is C15H9ClFN3. The first-order chi connectivity index (χ1) is 9.72. The average molecular weight is 286 g/mol. The van der Waals surface area contributed by atoms with Gasteiger partial charge >= 0.3 is 0 Å². The summed E-state index contributed by atoms with van der Waals surface area (Å²) < 4.78 is 15.2. The van der Waals surface area contributed by atoms with Gasteiger partial charge in [-0.3, -0.25) is 4.57 Å². The molecule has 20 heavy (non-hydrogen) atoms. The number of benzene rings is 2. The van der Waals surface area contributed by atoms with Gasteiger partial charge in [0.1, 0.15) is 11.6 Å². The van der Waals surface area contributed by atoms with E-state index in [4.69, 9.17) is 16.9 Å². The molecule has 1 heterocycles. The first-order valence-corrected chi connectivity index (χ1v) is 6.50. The lowest BCUT2D eigenvalue weighted by Crippen LogP contribution is -1.99. The molecule has 0 spiro atoms. The second kappa shape index (κ2) is 4.95. The van der Waals surface area contributed by atoms with Gasteiger partial charge in [0.2, 0.25) is 0 Å². The van der Waals surface area contributed by atoms with Crippen LogP contribution < -0.4 is 0 Å². The Morgan fingerprint density at radius 3 is 2.80 bits per heavy atom. The zero-order valence-electron chi connectivity index (χ0n) is 10.3. The number of nitriles is 1. The third kappa shape index (κ3) is 2.02. The first kappa shape index (κ1) is 12.6. The maximum absolute atomic E-state index is 13.4. The monoisotopic (exact) mass is 285 g/mol. The molecule has 0 N–H and O–H groups in total. The molecule has 2 aromatic carbocycles. The minimum atomic E-state index is -0.332. The highest BCUT2D eigenvalue weighted by molar-refractivity contribution is 6.17. The van der Waals surface area contributed by atoms with Crippen molar-refractivity contribution < 1.29 is 4.39 Å². The van der Waals surface area contributed by atoms with Crippen LogP contribution in [0.1, 0.15) is 11.4 Å². The van der Waals surface area contributed by atoms with Gasteiger partial charge < -0.3 is 0 Å². The number of aromatic nitrogens is 2. The van der Waals surface area contributed by atoms with E-state index < -0.39 is 0 Å². The summed E-state index contributed by atoms with van der Waals surface area (Å²) in [6.45, 7) is 0. The number of hydrogen-bond donors (Lipinski definition) is 0. The third-order valence-corrected chi connectivity index (χ3v) is 3.28. The summed E-state index contributed by atoms with van der Waals surface area (Å²) in [4.78, 5) is 4.41. The number of alkyl halides is 1. The van der Waals surface area contributed by atoms with Crippen molar-refractivity contribution in [1.82, 2.24) is 9.55 Å². The van der Waals surface area contributed by atoms with Crippen LogP contribution in [0.5, 0.6) is 0 Å². The zero-order chi connectivity index (χ0) is 14.1. The van der Waals surface area contributed by atoms with Crippen molar-refractivity contribution in [3.63, 3.8) is 0 Å². The molecule has 3 aromatic rings. The van der Waals surface area contributed by atoms with Gasteiger partial charge in [-0.05, 0) is 36.4 Å². The van der Waals surface area contributed by atoms with Crippen molar-refractivity contribution in [3.8, 4) is 11.8 Å². The molecule has 0 radical (unpaired) electrons. The van der Waals surface area contributed by atoms with Crippen LogP contribution in [-0.4, -0.2) is 9.55 Å². The fourth-order valence-corrected chi connectivity index (χ4v) is 2.37. The van der Waals surface area contributed by atoms with Crippen LogP contribution in [0.4, 0.5) is 4.39 Å². The topological polar surface area (TPSA) is 41.6 Å². The second-order valence-electron chi connectivity index (χ2n) is 4.29. The van der Waals surface area contributed by atoms with Gasteiger partial charge in [0.15, 0.2) is 0 Å². The van der Waals surface area contributed by atoms with E-state index in [0.29, 0.717) is 17.1 Å². The lowest BCUT2D eigenvalue weighted by molar-refractivity contribution is 0.626. The fourth-order valence-electron chi connectivity index (χ4n) is 2.19. The van der Waals surface area contributed by atoms with Gasteiger partial charge in [-0.15, -0.1) is 11.6 Å². The van der Waals surface area contributed by atoms with Gasteiger partial charge in [-0.2, -0.15) is 5.26 Å². The highest BCUT2D eigenvalue weighted by Gasteiger charge is 2.12. The summed E-state index contributed by atoms with van der Waals surface area (Å²) in [6.07, 6.45) is 0. The predicted molar refractivity (Wildman–Crippen MR) is 75.3 cm³/mol. The molecule has 0 aliphatic rings. The van der Waals surface area contributed by atoms with Gasteiger partial charge in [0.05, 0.1) is 34.2 Å². The standard InChI is InChI=1S/C15H9ClFN3/c16-8-15-19-13-5-4-10(9-18)6-14(13)20(15)12-3-1-2-11(17)7-12/h1-7H,8H2. The molecule has 5 heteroatoms. The molecule has 3 rings (SSSR count). The molecule has 0 fully saturated rings. The molecule has 0 aliphatic carbocycles. The van der Waals surface area contributed by atoms with Gasteiger partial charge in [-0.25, -0.2) is 9.37 Å². The van der Waals surface area contributed by atoms with E-state index in [-0.39, 0.29) is 11.7 Å². The average Bonchev–Trinajstić information content (AvgIpc) is 2.84. The normalized spacial score (nSPS) is 10.7. The molecule has 0 saturated carbocycles. The first-order valence-electron chi connectivity index (χ1n) is 5.96. The number of fused-ring (bicyclic) bond motifs is 1. The molecule has 0 atom stereocenters. The number of imidazole rings is 1. The van der Waals surface area contributed by atoms with Gasteiger partial charge in [-0.1, -0.05) is 6.07 Å². The quantitative estimate of drug-likeness (QED) is 0.673. The van der Waals surface area contributed by atoms with Gasteiger partial charge in [0, 0.05) is 0 Å². The summed E-state index contributed by atoms with van der Waals surface area (Å²) in [5, 5.41) is 9.00. The minimum Gasteiger partial charge on any atom is -0.295 e. The largest absolute Gasteiger partial charge is 0.295 e. The van der Waals surface area contributed by atoms with Crippen molar-refractivity contribution in [2.75, 3.05) is 0 Å². The molecule has 3 nitrogen and oxygen atoms in total. The molecule has 98 valence electrons. The van der Waals surface area contributed by atoms with Crippen molar-refractivity contribution >= 4 is 22.6 Å². The van der Waals surface area contributed by atoms with Crippen molar-refractivity contribution in [1.29, 1.82) is 5.26 Å². The van der Waals surface area contributed by atoms with Gasteiger partial charge in [0.25, 0.3) is 0 Å². The summed E-state index contributed by atoms with van der Waals surface area (Å²) in [6, 6.07) is 13.5. The number of nitrogens with zero attached hydrogens (tertiary/aromatic N) is 3. The Hall–Kier alpha value is -2.38. The number of hydrogen-bond acceptors (Lipinski definition) is 2. The van der Waals surface area contributed by atoms with Crippen LogP contribution in [0, 0.1) is 17.1 Å². The Kier molecular flexibility index (Phi) is 3.13. The highest BCUT2D eigenvalue weighted by atomic mass is 35.5. The van der Waals surface area contributed by atoms with Crippen LogP contribution in [-0.2, 0) is 5.88 Å². The van der Waals surface area contributed by atoms with Crippen LogP contribution in [0.3, 0.4) is 0 Å². The molecule has 1 aromatic heterocycles. The van der Waals surface area contributed by atoms with E-state index in [1.54, 1.807) is 34.9 Å². The molecule has 0 bridgehead atoms. The Labute approximate surface area is 119 Å². The summed E-state index contributed by atoms with van der Waals surface area (Å²) in [5.74, 6) is 0.483. The number of rotatable bonds is 2. The lowest BCUT2D eigenvalue weighted by atomic mass is 10.2. The maximum Gasteiger partial charge on any atom is 0.129 e. The molecule has 0 saturated heterocycles. The zero-order valence-corrected chi connectivity index (χ0v) is 11.1. The van der Waals surface area contributed by atoms with Crippen LogP contribution >= 0.6 is 11.6 Å². The van der Waals surface area contributed by atoms with Crippen LogP contribution in [0.2, 0.25) is 0 Å². The second-order valence-corrected chi connectivity index (χ2v) is 4.56.